The molecule has 0 unspecified atom stereocenters. The smallest absolute Gasteiger partial charge is 0.744 e. The summed E-state index contributed by atoms with van der Waals surface area (Å²) in [5.41, 5.74) is 1.33. The van der Waals surface area contributed by atoms with Crippen molar-refractivity contribution in [2.24, 2.45) is 0 Å². The van der Waals surface area contributed by atoms with Crippen LogP contribution < -0.4 is 58.2 Å². The van der Waals surface area contributed by atoms with Gasteiger partial charge < -0.3 is 4.55 Å². The van der Waals surface area contributed by atoms with Gasteiger partial charge in [0, 0.05) is 0 Å². The van der Waals surface area contributed by atoms with Crippen LogP contribution in [0.3, 0.4) is 0 Å². The minimum Gasteiger partial charge on any atom is -0.744 e. The van der Waals surface area contributed by atoms with E-state index in [0.717, 1.165) is 5.57 Å². The summed E-state index contributed by atoms with van der Waals surface area (Å²) in [6.07, 6.45) is 0.414. The zero-order valence-corrected chi connectivity index (χ0v) is 14.6. The molecule has 1 aromatic carbocycles. The quantitative estimate of drug-likeness (QED) is 0.515. The first-order valence-corrected chi connectivity index (χ1v) is 5.50. The van der Waals surface area contributed by atoms with E-state index in [1.54, 1.807) is 19.1 Å². The van der Waals surface area contributed by atoms with Crippen LogP contribution >= 0.6 is 0 Å². The van der Waals surface area contributed by atoms with Gasteiger partial charge in [0.25, 0.3) is 0 Å². The SMILES string of the molecule is C=C(C)Cc1ccccc1S(=O)(=O)[O-].[Rb+]. The summed E-state index contributed by atoms with van der Waals surface area (Å²) in [5.74, 6) is 0. The first kappa shape index (κ1) is 15.7. The fourth-order valence-corrected chi connectivity index (χ4v) is 1.93. The third kappa shape index (κ3) is 5.02. The fourth-order valence-electron chi connectivity index (χ4n) is 1.22. The van der Waals surface area contributed by atoms with Gasteiger partial charge in [-0.05, 0) is 25.0 Å². The molecule has 0 aliphatic heterocycles. The van der Waals surface area contributed by atoms with Crippen LogP contribution in [0.5, 0.6) is 0 Å². The summed E-state index contributed by atoms with van der Waals surface area (Å²) in [4.78, 5) is -0.150. The standard InChI is InChI=1S/C10H12O3S.Rb/c1-8(2)7-9-5-3-4-6-10(9)14(11,12)13;/h3-6H,1,7H2,2H3,(H,11,12,13);/q;+1/p-1. The van der Waals surface area contributed by atoms with Gasteiger partial charge in [-0.25, -0.2) is 8.42 Å². The summed E-state index contributed by atoms with van der Waals surface area (Å²) in [6.45, 7) is 5.46. The molecule has 0 bridgehead atoms. The van der Waals surface area contributed by atoms with Crippen LogP contribution in [0, 0.1) is 0 Å². The van der Waals surface area contributed by atoms with Gasteiger partial charge in [-0.1, -0.05) is 30.4 Å². The van der Waals surface area contributed by atoms with Crippen LogP contribution in [0.4, 0.5) is 0 Å². The zero-order chi connectivity index (χ0) is 10.8. The van der Waals surface area contributed by atoms with E-state index in [2.05, 4.69) is 6.58 Å². The Morgan fingerprint density at radius 1 is 1.40 bits per heavy atom. The van der Waals surface area contributed by atoms with Gasteiger partial charge in [0.2, 0.25) is 0 Å². The largest absolute Gasteiger partial charge is 1.00 e. The molecule has 0 aliphatic carbocycles. The van der Waals surface area contributed by atoms with E-state index in [4.69, 9.17) is 0 Å². The number of rotatable bonds is 3. The fraction of sp³-hybridized carbons (Fsp3) is 0.200. The van der Waals surface area contributed by atoms with Crippen LogP contribution in [-0.4, -0.2) is 13.0 Å². The maximum Gasteiger partial charge on any atom is 1.00 e. The van der Waals surface area contributed by atoms with Crippen LogP contribution in [0.15, 0.2) is 41.3 Å². The Hall–Kier alpha value is 0.675. The van der Waals surface area contributed by atoms with Gasteiger partial charge in [-0.2, -0.15) is 0 Å². The second kappa shape index (κ2) is 6.42. The normalized spacial score (nSPS) is 10.5. The molecule has 1 rings (SSSR count). The molecule has 0 radical (unpaired) electrons. The molecule has 0 aliphatic rings. The molecule has 76 valence electrons. The third-order valence-electron chi connectivity index (χ3n) is 1.73. The van der Waals surface area contributed by atoms with Crippen molar-refractivity contribution in [3.8, 4) is 0 Å². The number of benzene rings is 1. The van der Waals surface area contributed by atoms with E-state index in [9.17, 15) is 13.0 Å². The monoisotopic (exact) mass is 296 g/mol. The van der Waals surface area contributed by atoms with E-state index >= 15 is 0 Å². The van der Waals surface area contributed by atoms with Crippen LogP contribution in [0.25, 0.3) is 0 Å². The molecule has 0 atom stereocenters. The van der Waals surface area contributed by atoms with Gasteiger partial charge in [0.15, 0.2) is 0 Å². The summed E-state index contributed by atoms with van der Waals surface area (Å²) < 4.78 is 32.5. The molecular weight excluding hydrogens is 286 g/mol. The van der Waals surface area contributed by atoms with E-state index in [0.29, 0.717) is 12.0 Å². The van der Waals surface area contributed by atoms with Gasteiger partial charge >= 0.3 is 58.2 Å². The summed E-state index contributed by atoms with van der Waals surface area (Å²) in [5, 5.41) is 0. The Morgan fingerprint density at radius 2 is 1.93 bits per heavy atom. The van der Waals surface area contributed by atoms with Crippen molar-refractivity contribution in [3.05, 3.63) is 42.0 Å². The van der Waals surface area contributed by atoms with Crippen molar-refractivity contribution >= 4 is 10.1 Å². The molecule has 0 spiro atoms. The third-order valence-corrected chi connectivity index (χ3v) is 2.67. The Labute approximate surface area is 139 Å². The first-order valence-electron chi connectivity index (χ1n) is 4.09. The van der Waals surface area contributed by atoms with Crippen molar-refractivity contribution < 1.29 is 71.2 Å². The van der Waals surface area contributed by atoms with Gasteiger partial charge in [0.05, 0.1) is 4.90 Å². The average Bonchev–Trinajstić information content (AvgIpc) is 2.01. The second-order valence-electron chi connectivity index (χ2n) is 3.20. The maximum absolute atomic E-state index is 10.8. The number of hydrogen-bond acceptors (Lipinski definition) is 3. The molecule has 0 amide bonds. The van der Waals surface area contributed by atoms with E-state index in [1.165, 1.54) is 12.1 Å². The minimum atomic E-state index is -4.37. The second-order valence-corrected chi connectivity index (χ2v) is 4.54. The van der Waals surface area contributed by atoms with Crippen LogP contribution in [0.2, 0.25) is 0 Å². The van der Waals surface area contributed by atoms with Crippen molar-refractivity contribution in [1.82, 2.24) is 0 Å². The van der Waals surface area contributed by atoms with E-state index in [1.807, 2.05) is 0 Å². The molecule has 0 saturated heterocycles. The average molecular weight is 297 g/mol. The van der Waals surface area contributed by atoms with Crippen molar-refractivity contribution in [3.63, 3.8) is 0 Å². The Morgan fingerprint density at radius 3 is 2.40 bits per heavy atom. The van der Waals surface area contributed by atoms with Crippen molar-refractivity contribution in [2.75, 3.05) is 0 Å². The number of hydrogen-bond donors (Lipinski definition) is 0. The molecule has 5 heteroatoms. The first-order chi connectivity index (χ1) is 6.41. The van der Waals surface area contributed by atoms with Crippen molar-refractivity contribution in [2.45, 2.75) is 18.2 Å². The maximum atomic E-state index is 10.8. The molecular formula is C10H11O3RbS. The predicted molar refractivity (Wildman–Crippen MR) is 52.9 cm³/mol. The van der Waals surface area contributed by atoms with Crippen LogP contribution in [0.1, 0.15) is 12.5 Å². The molecule has 0 heterocycles. The molecule has 0 saturated carbocycles. The van der Waals surface area contributed by atoms with E-state index in [-0.39, 0.29) is 63.1 Å². The Balaban J connectivity index is 0.00000196. The molecule has 0 aromatic heterocycles. The molecule has 1 aromatic rings. The van der Waals surface area contributed by atoms with Crippen LogP contribution in [-0.2, 0) is 16.5 Å². The minimum absolute atomic E-state index is 0. The summed E-state index contributed by atoms with van der Waals surface area (Å²) >= 11 is 0. The van der Waals surface area contributed by atoms with Gasteiger partial charge in [-0.3, -0.25) is 0 Å². The molecule has 0 N–H and O–H groups in total. The predicted octanol–water partition coefficient (Wildman–Crippen LogP) is -1.29. The molecule has 0 fully saturated rings. The van der Waals surface area contributed by atoms with E-state index < -0.39 is 10.1 Å². The molecule has 3 nitrogen and oxygen atoms in total. The topological polar surface area (TPSA) is 57.2 Å². The number of allylic oxidation sites excluding steroid dienone is 1. The Kier molecular flexibility index (Phi) is 6.71. The van der Waals surface area contributed by atoms with Gasteiger partial charge in [0.1, 0.15) is 10.1 Å². The summed E-state index contributed by atoms with van der Waals surface area (Å²) in [7, 11) is -4.37. The Bertz CT molecular complexity index is 451. The summed E-state index contributed by atoms with van der Waals surface area (Å²) in [6, 6.07) is 6.18. The zero-order valence-electron chi connectivity index (χ0n) is 8.86. The molecule has 15 heavy (non-hydrogen) atoms. The van der Waals surface area contributed by atoms with Gasteiger partial charge in [-0.15, -0.1) is 0 Å². The van der Waals surface area contributed by atoms with Crippen molar-refractivity contribution in [1.29, 1.82) is 0 Å².